The molecule has 3 rings (SSSR count). The van der Waals surface area contributed by atoms with E-state index < -0.39 is 5.82 Å². The first-order valence-electron chi connectivity index (χ1n) is 10.7. The van der Waals surface area contributed by atoms with Crippen LogP contribution in [0.5, 0.6) is 0 Å². The van der Waals surface area contributed by atoms with Crippen molar-refractivity contribution in [3.63, 3.8) is 0 Å². The summed E-state index contributed by atoms with van der Waals surface area (Å²) in [6.45, 7) is 0.226. The number of anilines is 1. The molecule has 3 N–H and O–H groups in total. The molecule has 6 nitrogen and oxygen atoms in total. The number of carbonyl (C=O) groups excluding carboxylic acids is 3. The number of amides is 3. The Morgan fingerprint density at radius 2 is 1.65 bits per heavy atom. The van der Waals surface area contributed by atoms with Crippen molar-refractivity contribution in [1.29, 1.82) is 0 Å². The molecular weight excluding hydrogens is 397 g/mol. The van der Waals surface area contributed by atoms with Crippen molar-refractivity contribution < 1.29 is 18.8 Å². The minimum atomic E-state index is -0.403. The lowest BCUT2D eigenvalue weighted by molar-refractivity contribution is -0.126. The molecular formula is C24H28FN3O3. The van der Waals surface area contributed by atoms with Gasteiger partial charge in [-0.05, 0) is 60.7 Å². The Hall–Kier alpha value is -3.22. The second-order valence-electron chi connectivity index (χ2n) is 7.92. The van der Waals surface area contributed by atoms with Gasteiger partial charge in [0.15, 0.2) is 0 Å². The highest BCUT2D eigenvalue weighted by Crippen LogP contribution is 2.26. The topological polar surface area (TPSA) is 87.3 Å². The van der Waals surface area contributed by atoms with E-state index >= 15 is 0 Å². The monoisotopic (exact) mass is 425 g/mol. The van der Waals surface area contributed by atoms with Gasteiger partial charge in [0, 0.05) is 24.2 Å². The van der Waals surface area contributed by atoms with E-state index in [2.05, 4.69) is 16.0 Å². The van der Waals surface area contributed by atoms with E-state index in [1.54, 1.807) is 18.2 Å². The molecule has 0 atom stereocenters. The first-order chi connectivity index (χ1) is 15.0. The summed E-state index contributed by atoms with van der Waals surface area (Å²) in [5, 5.41) is 8.21. The van der Waals surface area contributed by atoms with E-state index in [1.165, 1.54) is 43.5 Å². The predicted molar refractivity (Wildman–Crippen MR) is 117 cm³/mol. The highest BCUT2D eigenvalue weighted by atomic mass is 19.1. The van der Waals surface area contributed by atoms with Crippen LogP contribution in [0.15, 0.2) is 48.5 Å². The van der Waals surface area contributed by atoms with Crippen LogP contribution in [0.3, 0.4) is 0 Å². The molecule has 7 heteroatoms. The van der Waals surface area contributed by atoms with Crippen LogP contribution in [-0.4, -0.2) is 24.3 Å². The van der Waals surface area contributed by atoms with Crippen LogP contribution in [0.4, 0.5) is 10.1 Å². The zero-order chi connectivity index (χ0) is 22.1. The van der Waals surface area contributed by atoms with E-state index in [4.69, 9.17) is 0 Å². The summed E-state index contributed by atoms with van der Waals surface area (Å²) in [4.78, 5) is 36.3. The lowest BCUT2D eigenvalue weighted by Gasteiger charge is -2.20. The van der Waals surface area contributed by atoms with Crippen molar-refractivity contribution in [1.82, 2.24) is 10.6 Å². The Morgan fingerprint density at radius 1 is 0.903 bits per heavy atom. The molecule has 0 radical (unpaired) electrons. The normalized spacial score (nSPS) is 14.0. The molecule has 0 aromatic heterocycles. The molecule has 0 heterocycles. The SMILES string of the molecule is O=C(CNC(=O)CC1CCCCC1)NCc1cccc(NC(=O)c2ccc(F)cc2)c1. The third-order valence-electron chi connectivity index (χ3n) is 5.43. The minimum absolute atomic E-state index is 0.0491. The van der Waals surface area contributed by atoms with Gasteiger partial charge < -0.3 is 16.0 Å². The average molecular weight is 426 g/mol. The quantitative estimate of drug-likeness (QED) is 0.602. The summed E-state index contributed by atoms with van der Waals surface area (Å²) in [5.74, 6) is -0.656. The second-order valence-corrected chi connectivity index (χ2v) is 7.92. The van der Waals surface area contributed by atoms with Gasteiger partial charge in [0.2, 0.25) is 11.8 Å². The maximum absolute atomic E-state index is 13.0. The zero-order valence-corrected chi connectivity index (χ0v) is 17.5. The van der Waals surface area contributed by atoms with Crippen LogP contribution in [0.1, 0.15) is 54.4 Å². The standard InChI is InChI=1S/C24H28FN3O3/c25-20-11-9-19(10-12-20)24(31)28-21-8-4-7-18(13-21)15-26-23(30)16-27-22(29)14-17-5-2-1-3-6-17/h4,7-13,17H,1-3,5-6,14-16H2,(H,26,30)(H,27,29)(H,28,31). The van der Waals surface area contributed by atoms with Gasteiger partial charge >= 0.3 is 0 Å². The van der Waals surface area contributed by atoms with Crippen molar-refractivity contribution in [3.8, 4) is 0 Å². The van der Waals surface area contributed by atoms with E-state index in [1.807, 2.05) is 6.07 Å². The lowest BCUT2D eigenvalue weighted by Crippen LogP contribution is -2.37. The summed E-state index contributed by atoms with van der Waals surface area (Å²) in [6, 6.07) is 12.4. The molecule has 2 aromatic rings. The van der Waals surface area contributed by atoms with Gasteiger partial charge in [0.05, 0.1) is 6.54 Å². The average Bonchev–Trinajstić information content (AvgIpc) is 2.77. The van der Waals surface area contributed by atoms with Crippen LogP contribution in [0.25, 0.3) is 0 Å². The highest BCUT2D eigenvalue weighted by molar-refractivity contribution is 6.04. The summed E-state index contributed by atoms with van der Waals surface area (Å²) in [7, 11) is 0. The molecule has 0 unspecified atom stereocenters. The highest BCUT2D eigenvalue weighted by Gasteiger charge is 2.17. The number of hydrogen-bond acceptors (Lipinski definition) is 3. The van der Waals surface area contributed by atoms with Gasteiger partial charge in [-0.25, -0.2) is 4.39 Å². The molecule has 0 saturated heterocycles. The number of benzene rings is 2. The third-order valence-corrected chi connectivity index (χ3v) is 5.43. The maximum atomic E-state index is 13.0. The maximum Gasteiger partial charge on any atom is 0.255 e. The Labute approximate surface area is 181 Å². The number of halogens is 1. The number of carbonyl (C=O) groups is 3. The fraction of sp³-hybridized carbons (Fsp3) is 0.375. The van der Waals surface area contributed by atoms with Gasteiger partial charge in [-0.15, -0.1) is 0 Å². The molecule has 1 aliphatic carbocycles. The Morgan fingerprint density at radius 3 is 2.39 bits per heavy atom. The van der Waals surface area contributed by atoms with Crippen LogP contribution < -0.4 is 16.0 Å². The molecule has 1 fully saturated rings. The molecule has 0 bridgehead atoms. The minimum Gasteiger partial charge on any atom is -0.350 e. The van der Waals surface area contributed by atoms with E-state index in [9.17, 15) is 18.8 Å². The first-order valence-corrected chi connectivity index (χ1v) is 10.7. The Balaban J connectivity index is 1.41. The van der Waals surface area contributed by atoms with Crippen LogP contribution in [-0.2, 0) is 16.1 Å². The molecule has 2 aromatic carbocycles. The summed E-state index contributed by atoms with van der Waals surface area (Å²) < 4.78 is 13.0. The molecule has 0 spiro atoms. The molecule has 164 valence electrons. The van der Waals surface area contributed by atoms with Crippen LogP contribution in [0, 0.1) is 11.7 Å². The van der Waals surface area contributed by atoms with Gasteiger partial charge in [0.25, 0.3) is 5.91 Å². The predicted octanol–water partition coefficient (Wildman–Crippen LogP) is 3.78. The number of rotatable bonds is 8. The van der Waals surface area contributed by atoms with Gasteiger partial charge in [-0.2, -0.15) is 0 Å². The van der Waals surface area contributed by atoms with Gasteiger partial charge in [-0.3, -0.25) is 14.4 Å². The summed E-state index contributed by atoms with van der Waals surface area (Å²) in [5.41, 5.74) is 1.73. The van der Waals surface area contributed by atoms with Crippen molar-refractivity contribution in [2.24, 2.45) is 5.92 Å². The molecule has 1 saturated carbocycles. The first kappa shape index (κ1) is 22.5. The van der Waals surface area contributed by atoms with Crippen molar-refractivity contribution in [3.05, 3.63) is 65.5 Å². The Bertz CT molecular complexity index is 909. The molecule has 3 amide bonds. The molecule has 0 aliphatic heterocycles. The smallest absolute Gasteiger partial charge is 0.255 e. The van der Waals surface area contributed by atoms with E-state index in [0.717, 1.165) is 18.4 Å². The van der Waals surface area contributed by atoms with Crippen LogP contribution >= 0.6 is 0 Å². The zero-order valence-electron chi connectivity index (χ0n) is 17.5. The molecule has 31 heavy (non-hydrogen) atoms. The lowest BCUT2D eigenvalue weighted by atomic mass is 9.87. The van der Waals surface area contributed by atoms with Crippen LogP contribution in [0.2, 0.25) is 0 Å². The van der Waals surface area contributed by atoms with Gasteiger partial charge in [0.1, 0.15) is 5.82 Å². The van der Waals surface area contributed by atoms with Crippen molar-refractivity contribution in [2.45, 2.75) is 45.1 Å². The van der Waals surface area contributed by atoms with Crippen molar-refractivity contribution in [2.75, 3.05) is 11.9 Å². The van der Waals surface area contributed by atoms with Crippen molar-refractivity contribution >= 4 is 23.4 Å². The molecule has 1 aliphatic rings. The largest absolute Gasteiger partial charge is 0.350 e. The number of nitrogens with one attached hydrogen (secondary N) is 3. The summed E-state index contributed by atoms with van der Waals surface area (Å²) in [6.07, 6.45) is 6.28. The third kappa shape index (κ3) is 7.51. The second kappa shape index (κ2) is 11.2. The number of hydrogen-bond donors (Lipinski definition) is 3. The summed E-state index contributed by atoms with van der Waals surface area (Å²) >= 11 is 0. The fourth-order valence-corrected chi connectivity index (χ4v) is 3.73. The Kier molecular flexibility index (Phi) is 8.15. The van der Waals surface area contributed by atoms with E-state index in [-0.39, 0.29) is 30.8 Å². The van der Waals surface area contributed by atoms with E-state index in [0.29, 0.717) is 23.6 Å². The fourth-order valence-electron chi connectivity index (χ4n) is 3.73. The van der Waals surface area contributed by atoms with Gasteiger partial charge in [-0.1, -0.05) is 31.4 Å².